The van der Waals surface area contributed by atoms with Crippen LogP contribution in [0.3, 0.4) is 0 Å². The Morgan fingerprint density at radius 3 is 2.65 bits per heavy atom. The first-order chi connectivity index (χ1) is 9.49. The summed E-state index contributed by atoms with van der Waals surface area (Å²) in [4.78, 5) is 25.3. The quantitative estimate of drug-likeness (QED) is 0.687. The van der Waals surface area contributed by atoms with E-state index in [4.69, 9.17) is 4.42 Å². The van der Waals surface area contributed by atoms with E-state index < -0.39 is 19.0 Å². The molecule has 1 aromatic rings. The van der Waals surface area contributed by atoms with Crippen molar-refractivity contribution in [1.82, 2.24) is 4.90 Å². The van der Waals surface area contributed by atoms with E-state index in [0.29, 0.717) is 18.8 Å². The molecule has 20 heavy (non-hydrogen) atoms. The zero-order valence-electron chi connectivity index (χ0n) is 11.2. The first-order valence-corrected chi connectivity index (χ1v) is 8.62. The second-order valence-corrected chi connectivity index (χ2v) is 7.52. The number of likely N-dealkylation sites (tertiary alicyclic amines) is 1. The van der Waals surface area contributed by atoms with Gasteiger partial charge in [-0.15, -0.1) is 0 Å². The summed E-state index contributed by atoms with van der Waals surface area (Å²) in [5.74, 6) is -1.22. The minimum atomic E-state index is -4.11. The average molecular weight is 299 g/mol. The van der Waals surface area contributed by atoms with Crippen molar-refractivity contribution in [3.8, 4) is 0 Å². The number of carboxylic acid groups (broad SMARTS) is 1. The number of furan rings is 1. The summed E-state index contributed by atoms with van der Waals surface area (Å²) in [6.45, 7) is 1.40. The Bertz CT molecular complexity index is 481. The summed E-state index contributed by atoms with van der Waals surface area (Å²) in [5, 5.41) is 11.2. The van der Waals surface area contributed by atoms with Gasteiger partial charge in [-0.2, -0.15) is 0 Å². The van der Waals surface area contributed by atoms with Gasteiger partial charge in [0.2, 0.25) is 0 Å². The predicted molar refractivity (Wildman–Crippen MR) is 69.1 cm³/mol. The molecule has 7 heteroatoms. The van der Waals surface area contributed by atoms with Crippen LogP contribution in [0.5, 0.6) is 0 Å². The molecular formula is C13H18NO5P-2. The Kier molecular flexibility index (Phi) is 5.02. The average Bonchev–Trinajstić information content (AvgIpc) is 2.89. The number of piperidine rings is 1. The molecule has 2 atom stereocenters. The van der Waals surface area contributed by atoms with E-state index in [-0.39, 0.29) is 12.7 Å². The molecule has 1 aliphatic heterocycles. The van der Waals surface area contributed by atoms with Crippen LogP contribution in [0.15, 0.2) is 22.8 Å². The lowest BCUT2D eigenvalue weighted by Crippen LogP contribution is -2.43. The van der Waals surface area contributed by atoms with Crippen molar-refractivity contribution in [3.05, 3.63) is 24.2 Å². The molecule has 1 aliphatic rings. The van der Waals surface area contributed by atoms with Crippen molar-refractivity contribution >= 4 is 13.3 Å². The molecule has 0 aromatic carbocycles. The Balaban J connectivity index is 2.05. The van der Waals surface area contributed by atoms with Gasteiger partial charge in [-0.3, -0.25) is 4.90 Å². The van der Waals surface area contributed by atoms with Crippen molar-refractivity contribution < 1.29 is 23.8 Å². The fourth-order valence-corrected chi connectivity index (χ4v) is 4.30. The maximum atomic E-state index is 12.3. The zero-order chi connectivity index (χ0) is 14.6. The molecule has 0 saturated carbocycles. The van der Waals surface area contributed by atoms with Crippen molar-refractivity contribution in [2.75, 3.05) is 19.4 Å². The van der Waals surface area contributed by atoms with Crippen LogP contribution in [0.1, 0.15) is 25.0 Å². The molecule has 2 heterocycles. The summed E-state index contributed by atoms with van der Waals surface area (Å²) in [7, 11) is -4.11. The van der Waals surface area contributed by atoms with Gasteiger partial charge < -0.3 is 23.8 Å². The van der Waals surface area contributed by atoms with E-state index in [1.807, 2.05) is 0 Å². The van der Waals surface area contributed by atoms with E-state index >= 15 is 0 Å². The van der Waals surface area contributed by atoms with Gasteiger partial charge in [-0.05, 0) is 38.1 Å². The van der Waals surface area contributed by atoms with E-state index in [2.05, 4.69) is 0 Å². The summed E-state index contributed by atoms with van der Waals surface area (Å²) in [6.07, 6.45) is 4.01. The molecule has 0 spiro atoms. The monoisotopic (exact) mass is 299 g/mol. The highest BCUT2D eigenvalue weighted by Crippen LogP contribution is 2.44. The highest BCUT2D eigenvalue weighted by atomic mass is 31.2. The molecule has 0 bridgehead atoms. The SMILES string of the molecule is O=C([O-])C(Cc1ccco1)P(=O)([O-])CN1CCCCC1. The molecule has 0 aliphatic carbocycles. The predicted octanol–water partition coefficient (Wildman–Crippen LogP) is 0.0224. The third kappa shape index (κ3) is 3.95. The summed E-state index contributed by atoms with van der Waals surface area (Å²) < 4.78 is 17.3. The van der Waals surface area contributed by atoms with Gasteiger partial charge in [0.05, 0.1) is 12.2 Å². The number of rotatable bonds is 6. The zero-order valence-corrected chi connectivity index (χ0v) is 12.1. The number of carbonyl (C=O) groups is 1. The largest absolute Gasteiger partial charge is 0.798 e. The summed E-state index contributed by atoms with van der Waals surface area (Å²) >= 11 is 0. The fraction of sp³-hybridized carbons (Fsp3) is 0.615. The third-order valence-corrected chi connectivity index (χ3v) is 5.70. The fourth-order valence-electron chi connectivity index (χ4n) is 2.48. The van der Waals surface area contributed by atoms with Crippen LogP contribution in [0.2, 0.25) is 0 Å². The molecule has 1 fully saturated rings. The van der Waals surface area contributed by atoms with E-state index in [1.54, 1.807) is 17.0 Å². The first-order valence-electron chi connectivity index (χ1n) is 6.74. The van der Waals surface area contributed by atoms with Crippen molar-refractivity contribution in [2.45, 2.75) is 31.3 Å². The van der Waals surface area contributed by atoms with Crippen LogP contribution in [0.4, 0.5) is 0 Å². The maximum Gasteiger partial charge on any atom is 0.104 e. The van der Waals surface area contributed by atoms with Gasteiger partial charge in [0.1, 0.15) is 5.76 Å². The lowest BCUT2D eigenvalue weighted by Gasteiger charge is -2.38. The standard InChI is InChI=1S/C13H20NO5P/c15-13(16)12(9-11-5-4-8-19-11)20(17,18)10-14-6-2-1-3-7-14/h4-5,8,12H,1-3,6-7,9-10H2,(H,15,16)(H,17,18)/p-2. The highest BCUT2D eigenvalue weighted by molar-refractivity contribution is 7.58. The Morgan fingerprint density at radius 2 is 2.10 bits per heavy atom. The minimum absolute atomic E-state index is 0.177. The number of carbonyl (C=O) groups excluding carboxylic acids is 1. The van der Waals surface area contributed by atoms with E-state index in [1.165, 1.54) is 6.26 Å². The summed E-state index contributed by atoms with van der Waals surface area (Å²) in [6, 6.07) is 3.17. The lowest BCUT2D eigenvalue weighted by atomic mass is 10.1. The van der Waals surface area contributed by atoms with E-state index in [0.717, 1.165) is 19.3 Å². The topological polar surface area (TPSA) is 96.6 Å². The van der Waals surface area contributed by atoms with Crippen molar-refractivity contribution in [1.29, 1.82) is 0 Å². The number of hydrogen-bond acceptors (Lipinski definition) is 6. The molecule has 112 valence electrons. The molecule has 0 radical (unpaired) electrons. The van der Waals surface area contributed by atoms with Crippen LogP contribution in [-0.2, 0) is 15.8 Å². The molecule has 1 aromatic heterocycles. The lowest BCUT2D eigenvalue weighted by molar-refractivity contribution is -0.306. The van der Waals surface area contributed by atoms with Gasteiger partial charge >= 0.3 is 0 Å². The maximum absolute atomic E-state index is 12.3. The van der Waals surface area contributed by atoms with Crippen molar-refractivity contribution in [2.24, 2.45) is 0 Å². The van der Waals surface area contributed by atoms with Crippen LogP contribution in [0, 0.1) is 0 Å². The Labute approximate surface area is 117 Å². The highest BCUT2D eigenvalue weighted by Gasteiger charge is 2.27. The number of nitrogens with zero attached hydrogens (tertiary/aromatic N) is 1. The van der Waals surface area contributed by atoms with Gasteiger partial charge in [-0.25, -0.2) is 0 Å². The second kappa shape index (κ2) is 6.57. The van der Waals surface area contributed by atoms with Crippen LogP contribution in [-0.4, -0.2) is 35.9 Å². The Morgan fingerprint density at radius 1 is 1.40 bits per heavy atom. The summed E-state index contributed by atoms with van der Waals surface area (Å²) in [5.41, 5.74) is -1.53. The minimum Gasteiger partial charge on any atom is -0.798 e. The molecule has 6 nitrogen and oxygen atoms in total. The molecule has 0 N–H and O–H groups in total. The van der Waals surface area contributed by atoms with Gasteiger partial charge in [-0.1, -0.05) is 6.42 Å². The van der Waals surface area contributed by atoms with Crippen molar-refractivity contribution in [3.63, 3.8) is 0 Å². The molecular weight excluding hydrogens is 281 g/mol. The third-order valence-electron chi connectivity index (χ3n) is 3.57. The van der Waals surface area contributed by atoms with Gasteiger partial charge in [0.25, 0.3) is 0 Å². The van der Waals surface area contributed by atoms with Gasteiger partial charge in [0, 0.05) is 25.7 Å². The molecule has 2 unspecified atom stereocenters. The normalized spacial score (nSPS) is 21.2. The van der Waals surface area contributed by atoms with E-state index in [9.17, 15) is 19.4 Å². The molecule has 0 amide bonds. The van der Waals surface area contributed by atoms with Crippen LogP contribution in [0.25, 0.3) is 0 Å². The number of carboxylic acids is 1. The Hall–Kier alpha value is -1.10. The van der Waals surface area contributed by atoms with Crippen LogP contribution < -0.4 is 10.00 Å². The number of hydrogen-bond donors (Lipinski definition) is 0. The van der Waals surface area contributed by atoms with Gasteiger partial charge in [0.15, 0.2) is 0 Å². The van der Waals surface area contributed by atoms with Crippen LogP contribution >= 0.6 is 7.37 Å². The first kappa shape index (κ1) is 15.3. The second-order valence-electron chi connectivity index (χ2n) is 5.16. The molecule has 2 rings (SSSR count). The smallest absolute Gasteiger partial charge is 0.104 e. The molecule has 1 saturated heterocycles. The number of aliphatic carboxylic acids is 1.